The molecule has 1 aromatic carbocycles. The summed E-state index contributed by atoms with van der Waals surface area (Å²) in [7, 11) is 1.60. The number of nitrogens with one attached hydrogen (secondary N) is 2. The van der Waals surface area contributed by atoms with Gasteiger partial charge in [0.05, 0.1) is 7.11 Å². The van der Waals surface area contributed by atoms with Crippen molar-refractivity contribution in [2.45, 2.75) is 32.2 Å². The Morgan fingerprint density at radius 2 is 1.96 bits per heavy atom. The average Bonchev–Trinajstić information content (AvgIpc) is 2.77. The van der Waals surface area contributed by atoms with Crippen LogP contribution in [-0.2, 0) is 16.0 Å². The van der Waals surface area contributed by atoms with Crippen molar-refractivity contribution in [3.63, 3.8) is 0 Å². The smallest absolute Gasteiger partial charge is 0.325 e. The summed E-state index contributed by atoms with van der Waals surface area (Å²) in [4.78, 5) is 37.2. The molecule has 0 radical (unpaired) electrons. The third-order valence-electron chi connectivity index (χ3n) is 4.09. The normalized spacial score (nSPS) is 20.0. The fourth-order valence-corrected chi connectivity index (χ4v) is 2.64. The van der Waals surface area contributed by atoms with Crippen LogP contribution in [0, 0.1) is 0 Å². The van der Waals surface area contributed by atoms with E-state index in [0.717, 1.165) is 16.2 Å². The maximum absolute atomic E-state index is 12.5. The second kappa shape index (κ2) is 7.33. The van der Waals surface area contributed by atoms with Crippen LogP contribution in [0.3, 0.4) is 0 Å². The first-order valence-corrected chi connectivity index (χ1v) is 7.93. The fraction of sp³-hybridized carbons (Fsp3) is 0.471. The lowest BCUT2D eigenvalue weighted by Gasteiger charge is -2.21. The predicted octanol–water partition coefficient (Wildman–Crippen LogP) is 1.07. The molecule has 0 saturated carbocycles. The number of hydrogen-bond donors (Lipinski definition) is 2. The van der Waals surface area contributed by atoms with Gasteiger partial charge in [0.15, 0.2) is 0 Å². The number of urea groups is 1. The summed E-state index contributed by atoms with van der Waals surface area (Å²) in [5, 5.41) is 5.29. The SMILES string of the molecule is CCNC(=O)CN1C(=O)N[C@@](C)(CCc2ccc(OC)cc2)C1=O. The molecule has 1 aliphatic heterocycles. The number of carbonyl (C=O) groups is 3. The zero-order chi connectivity index (χ0) is 17.7. The lowest BCUT2D eigenvalue weighted by atomic mass is 9.93. The van der Waals surface area contributed by atoms with Crippen LogP contribution in [0.25, 0.3) is 0 Å². The van der Waals surface area contributed by atoms with Crippen molar-refractivity contribution in [1.82, 2.24) is 15.5 Å². The molecular formula is C17H23N3O4. The molecule has 1 fully saturated rings. The van der Waals surface area contributed by atoms with E-state index < -0.39 is 11.6 Å². The number of ether oxygens (including phenoxy) is 1. The van der Waals surface area contributed by atoms with Crippen LogP contribution in [0.4, 0.5) is 4.79 Å². The van der Waals surface area contributed by atoms with Crippen LogP contribution in [0.2, 0.25) is 0 Å². The summed E-state index contributed by atoms with van der Waals surface area (Å²) in [6, 6.07) is 7.04. The first kappa shape index (κ1) is 17.8. The highest BCUT2D eigenvalue weighted by Gasteiger charge is 2.47. The van der Waals surface area contributed by atoms with Crippen LogP contribution < -0.4 is 15.4 Å². The van der Waals surface area contributed by atoms with Crippen molar-refractivity contribution < 1.29 is 19.1 Å². The number of benzene rings is 1. The van der Waals surface area contributed by atoms with Crippen LogP contribution >= 0.6 is 0 Å². The van der Waals surface area contributed by atoms with Crippen LogP contribution in [-0.4, -0.2) is 48.5 Å². The van der Waals surface area contributed by atoms with Crippen molar-refractivity contribution in [2.75, 3.05) is 20.2 Å². The molecule has 0 bridgehead atoms. The fourth-order valence-electron chi connectivity index (χ4n) is 2.64. The van der Waals surface area contributed by atoms with E-state index in [1.54, 1.807) is 21.0 Å². The monoisotopic (exact) mass is 333 g/mol. The molecule has 7 heteroatoms. The molecule has 0 aromatic heterocycles. The quantitative estimate of drug-likeness (QED) is 0.731. The molecule has 0 unspecified atom stereocenters. The average molecular weight is 333 g/mol. The van der Waals surface area contributed by atoms with Gasteiger partial charge in [0.1, 0.15) is 17.8 Å². The minimum absolute atomic E-state index is 0.253. The topological polar surface area (TPSA) is 87.7 Å². The summed E-state index contributed by atoms with van der Waals surface area (Å²) in [6.45, 7) is 3.67. The van der Waals surface area contributed by atoms with E-state index in [4.69, 9.17) is 4.74 Å². The number of carbonyl (C=O) groups excluding carboxylic acids is 3. The molecule has 1 aliphatic rings. The third-order valence-corrected chi connectivity index (χ3v) is 4.09. The first-order chi connectivity index (χ1) is 11.4. The number of methoxy groups -OCH3 is 1. The van der Waals surface area contributed by atoms with E-state index in [0.29, 0.717) is 19.4 Å². The molecule has 1 saturated heterocycles. The highest BCUT2D eigenvalue weighted by atomic mass is 16.5. The van der Waals surface area contributed by atoms with Gasteiger partial charge in [-0.3, -0.25) is 14.5 Å². The Bertz CT molecular complexity index is 629. The van der Waals surface area contributed by atoms with Gasteiger partial charge in [-0.05, 0) is 44.4 Å². The van der Waals surface area contributed by atoms with Crippen LogP contribution in [0.5, 0.6) is 5.75 Å². The van der Waals surface area contributed by atoms with Gasteiger partial charge in [-0.25, -0.2) is 4.79 Å². The molecule has 0 aliphatic carbocycles. The molecular weight excluding hydrogens is 310 g/mol. The van der Waals surface area contributed by atoms with Gasteiger partial charge in [0.25, 0.3) is 5.91 Å². The molecule has 2 N–H and O–H groups in total. The molecule has 1 aromatic rings. The van der Waals surface area contributed by atoms with Gasteiger partial charge in [-0.2, -0.15) is 0 Å². The summed E-state index contributed by atoms with van der Waals surface area (Å²) in [6.07, 6.45) is 1.08. The number of hydrogen-bond acceptors (Lipinski definition) is 4. The Labute approximate surface area is 141 Å². The van der Waals surface area contributed by atoms with Gasteiger partial charge < -0.3 is 15.4 Å². The Morgan fingerprint density at radius 1 is 1.29 bits per heavy atom. The molecule has 0 spiro atoms. The van der Waals surface area contributed by atoms with E-state index in [9.17, 15) is 14.4 Å². The standard InChI is InChI=1S/C17H23N3O4/c1-4-18-14(21)11-20-15(22)17(2,19-16(20)23)10-9-12-5-7-13(24-3)8-6-12/h5-8H,4,9-11H2,1-3H3,(H,18,21)(H,19,23)/t17-/m0/s1. The largest absolute Gasteiger partial charge is 0.497 e. The highest BCUT2D eigenvalue weighted by molar-refractivity contribution is 6.08. The number of aryl methyl sites for hydroxylation is 1. The summed E-state index contributed by atoms with van der Waals surface area (Å²) in [5.41, 5.74) is 0.0463. The number of likely N-dealkylation sites (N-methyl/N-ethyl adjacent to an activating group) is 1. The maximum atomic E-state index is 12.5. The van der Waals surface area contributed by atoms with Crippen LogP contribution in [0.1, 0.15) is 25.8 Å². The van der Waals surface area contributed by atoms with Crippen molar-refractivity contribution in [2.24, 2.45) is 0 Å². The number of rotatable bonds is 7. The van der Waals surface area contributed by atoms with Gasteiger partial charge in [-0.15, -0.1) is 0 Å². The van der Waals surface area contributed by atoms with E-state index in [-0.39, 0.29) is 18.4 Å². The van der Waals surface area contributed by atoms with Crippen molar-refractivity contribution in [3.05, 3.63) is 29.8 Å². The minimum atomic E-state index is -0.997. The second-order valence-corrected chi connectivity index (χ2v) is 5.96. The van der Waals surface area contributed by atoms with Crippen LogP contribution in [0.15, 0.2) is 24.3 Å². The first-order valence-electron chi connectivity index (χ1n) is 7.93. The summed E-state index contributed by atoms with van der Waals surface area (Å²) >= 11 is 0. The number of nitrogens with zero attached hydrogens (tertiary/aromatic N) is 1. The Hall–Kier alpha value is -2.57. The molecule has 24 heavy (non-hydrogen) atoms. The molecule has 4 amide bonds. The molecule has 2 rings (SSSR count). The van der Waals surface area contributed by atoms with Gasteiger partial charge in [0, 0.05) is 6.54 Å². The minimum Gasteiger partial charge on any atom is -0.497 e. The predicted molar refractivity (Wildman–Crippen MR) is 88.6 cm³/mol. The van der Waals surface area contributed by atoms with E-state index in [1.165, 1.54) is 0 Å². The molecule has 1 atom stereocenters. The number of amides is 4. The lowest BCUT2D eigenvalue weighted by molar-refractivity contribution is -0.134. The van der Waals surface area contributed by atoms with Gasteiger partial charge >= 0.3 is 6.03 Å². The molecule has 1 heterocycles. The molecule has 7 nitrogen and oxygen atoms in total. The van der Waals surface area contributed by atoms with Gasteiger partial charge in [0.2, 0.25) is 5.91 Å². The van der Waals surface area contributed by atoms with Crippen molar-refractivity contribution in [1.29, 1.82) is 0 Å². The Morgan fingerprint density at radius 3 is 2.54 bits per heavy atom. The third kappa shape index (κ3) is 3.84. The lowest BCUT2D eigenvalue weighted by Crippen LogP contribution is -2.45. The van der Waals surface area contributed by atoms with Gasteiger partial charge in [-0.1, -0.05) is 12.1 Å². The van der Waals surface area contributed by atoms with E-state index >= 15 is 0 Å². The summed E-state index contributed by atoms with van der Waals surface area (Å²) in [5.74, 6) is 0.0518. The van der Waals surface area contributed by atoms with E-state index in [1.807, 2.05) is 24.3 Å². The Balaban J connectivity index is 2.00. The maximum Gasteiger partial charge on any atom is 0.325 e. The van der Waals surface area contributed by atoms with Crippen molar-refractivity contribution in [3.8, 4) is 5.75 Å². The number of imide groups is 1. The zero-order valence-corrected chi connectivity index (χ0v) is 14.2. The van der Waals surface area contributed by atoms with Crippen molar-refractivity contribution >= 4 is 17.8 Å². The summed E-state index contributed by atoms with van der Waals surface area (Å²) < 4.78 is 5.11. The Kier molecular flexibility index (Phi) is 5.43. The zero-order valence-electron chi connectivity index (χ0n) is 14.2. The second-order valence-electron chi connectivity index (χ2n) is 5.96. The highest BCUT2D eigenvalue weighted by Crippen LogP contribution is 2.23. The molecule has 130 valence electrons. The van der Waals surface area contributed by atoms with E-state index in [2.05, 4.69) is 10.6 Å².